The third-order valence-corrected chi connectivity index (χ3v) is 4.83. The van der Waals surface area contributed by atoms with E-state index < -0.39 is 11.1 Å². The topological polar surface area (TPSA) is 77.2 Å². The SMILES string of the molecule is COc1ccc(-c2nnc(S[C@@H](C)C(=O)Nc3ccc(F)cc3Cl)o2)cc1. The van der Waals surface area contributed by atoms with Gasteiger partial charge in [0.2, 0.25) is 11.8 Å². The number of hydrogen-bond acceptors (Lipinski definition) is 6. The van der Waals surface area contributed by atoms with E-state index in [-0.39, 0.29) is 16.2 Å². The molecular weight excluding hydrogens is 393 g/mol. The summed E-state index contributed by atoms with van der Waals surface area (Å²) in [4.78, 5) is 12.3. The largest absolute Gasteiger partial charge is 0.497 e. The first-order valence-corrected chi connectivity index (χ1v) is 9.12. The van der Waals surface area contributed by atoms with Crippen LogP contribution >= 0.6 is 23.4 Å². The quantitative estimate of drug-likeness (QED) is 0.599. The van der Waals surface area contributed by atoms with Crippen molar-refractivity contribution in [1.82, 2.24) is 10.2 Å². The summed E-state index contributed by atoms with van der Waals surface area (Å²) in [6.07, 6.45) is 0. The predicted octanol–water partition coefficient (Wildman–Crippen LogP) is 4.66. The Morgan fingerprint density at radius 2 is 2.00 bits per heavy atom. The average molecular weight is 408 g/mol. The van der Waals surface area contributed by atoms with Crippen LogP contribution < -0.4 is 10.1 Å². The lowest BCUT2D eigenvalue weighted by atomic mass is 10.2. The van der Waals surface area contributed by atoms with Gasteiger partial charge in [-0.25, -0.2) is 4.39 Å². The fourth-order valence-corrected chi connectivity index (χ4v) is 3.04. The van der Waals surface area contributed by atoms with Gasteiger partial charge in [-0.05, 0) is 49.4 Å². The molecular formula is C18H15ClFN3O3S. The van der Waals surface area contributed by atoms with Crippen LogP contribution in [0.2, 0.25) is 5.02 Å². The first-order valence-electron chi connectivity index (χ1n) is 7.87. The normalized spacial score (nSPS) is 11.9. The molecule has 0 bridgehead atoms. The Balaban J connectivity index is 1.64. The summed E-state index contributed by atoms with van der Waals surface area (Å²) in [5, 5.41) is 10.4. The van der Waals surface area contributed by atoms with Gasteiger partial charge in [-0.1, -0.05) is 23.4 Å². The van der Waals surface area contributed by atoms with Crippen LogP contribution in [0.3, 0.4) is 0 Å². The number of amides is 1. The van der Waals surface area contributed by atoms with Crippen molar-refractivity contribution in [3.05, 3.63) is 53.3 Å². The molecule has 6 nitrogen and oxygen atoms in total. The fraction of sp³-hybridized carbons (Fsp3) is 0.167. The minimum absolute atomic E-state index is 0.125. The Labute approximate surface area is 164 Å². The number of hydrogen-bond donors (Lipinski definition) is 1. The monoisotopic (exact) mass is 407 g/mol. The minimum atomic E-state index is -0.532. The maximum Gasteiger partial charge on any atom is 0.277 e. The Morgan fingerprint density at radius 3 is 2.67 bits per heavy atom. The molecule has 0 fully saturated rings. The van der Waals surface area contributed by atoms with Gasteiger partial charge < -0.3 is 14.5 Å². The van der Waals surface area contributed by atoms with Gasteiger partial charge in [-0.3, -0.25) is 4.79 Å². The smallest absolute Gasteiger partial charge is 0.277 e. The van der Waals surface area contributed by atoms with Crippen molar-refractivity contribution < 1.29 is 18.3 Å². The lowest BCUT2D eigenvalue weighted by Gasteiger charge is -2.11. The van der Waals surface area contributed by atoms with Gasteiger partial charge in [0, 0.05) is 5.56 Å². The number of ether oxygens (including phenoxy) is 1. The lowest BCUT2D eigenvalue weighted by Crippen LogP contribution is -2.22. The van der Waals surface area contributed by atoms with Gasteiger partial charge >= 0.3 is 0 Å². The molecule has 0 aliphatic heterocycles. The number of carbonyl (C=O) groups is 1. The number of carbonyl (C=O) groups excluding carboxylic acids is 1. The molecule has 3 rings (SSSR count). The number of nitrogens with one attached hydrogen (secondary N) is 1. The molecule has 1 N–H and O–H groups in total. The highest BCUT2D eigenvalue weighted by Crippen LogP contribution is 2.28. The molecule has 1 aromatic heterocycles. The van der Waals surface area contributed by atoms with E-state index in [1.54, 1.807) is 38.3 Å². The zero-order chi connectivity index (χ0) is 19.4. The molecule has 9 heteroatoms. The minimum Gasteiger partial charge on any atom is -0.497 e. The lowest BCUT2D eigenvalue weighted by molar-refractivity contribution is -0.115. The summed E-state index contributed by atoms with van der Waals surface area (Å²) in [5.41, 5.74) is 1.07. The zero-order valence-electron chi connectivity index (χ0n) is 14.4. The van der Waals surface area contributed by atoms with Crippen LogP contribution in [0.15, 0.2) is 52.1 Å². The Hall–Kier alpha value is -2.58. The van der Waals surface area contributed by atoms with Crippen molar-refractivity contribution in [2.45, 2.75) is 17.4 Å². The van der Waals surface area contributed by atoms with E-state index in [9.17, 15) is 9.18 Å². The second-order valence-corrected chi connectivity index (χ2v) is 7.17. The molecule has 27 heavy (non-hydrogen) atoms. The molecule has 0 radical (unpaired) electrons. The fourth-order valence-electron chi connectivity index (χ4n) is 2.14. The predicted molar refractivity (Wildman–Crippen MR) is 102 cm³/mol. The van der Waals surface area contributed by atoms with Gasteiger partial charge in [0.25, 0.3) is 5.22 Å². The van der Waals surface area contributed by atoms with Gasteiger partial charge in [-0.2, -0.15) is 0 Å². The van der Waals surface area contributed by atoms with Crippen LogP contribution in [0.5, 0.6) is 5.75 Å². The molecule has 0 aliphatic carbocycles. The number of aromatic nitrogens is 2. The van der Waals surface area contributed by atoms with Gasteiger partial charge in [-0.15, -0.1) is 10.2 Å². The van der Waals surface area contributed by atoms with E-state index in [1.807, 2.05) is 0 Å². The van der Waals surface area contributed by atoms with Crippen molar-refractivity contribution >= 4 is 35.0 Å². The summed E-state index contributed by atoms with van der Waals surface area (Å²) in [6, 6.07) is 10.9. The maximum atomic E-state index is 13.1. The van der Waals surface area contributed by atoms with Crippen LogP contribution in [0.25, 0.3) is 11.5 Å². The van der Waals surface area contributed by atoms with Crippen LogP contribution in [0.4, 0.5) is 10.1 Å². The highest BCUT2D eigenvalue weighted by atomic mass is 35.5. The average Bonchev–Trinajstić information content (AvgIpc) is 3.12. The number of benzene rings is 2. The van der Waals surface area contributed by atoms with Crippen LogP contribution in [0.1, 0.15) is 6.92 Å². The molecule has 1 amide bonds. The van der Waals surface area contributed by atoms with Crippen LogP contribution in [-0.2, 0) is 4.79 Å². The highest BCUT2D eigenvalue weighted by molar-refractivity contribution is 8.00. The van der Waals surface area contributed by atoms with Gasteiger partial charge in [0.05, 0.1) is 23.1 Å². The first kappa shape index (κ1) is 19.2. The van der Waals surface area contributed by atoms with Gasteiger partial charge in [0.15, 0.2) is 0 Å². The summed E-state index contributed by atoms with van der Waals surface area (Å²) < 4.78 is 23.8. The number of anilines is 1. The maximum absolute atomic E-state index is 13.1. The van der Waals surface area contributed by atoms with Crippen molar-refractivity contribution in [3.8, 4) is 17.2 Å². The van der Waals surface area contributed by atoms with E-state index in [4.69, 9.17) is 20.8 Å². The van der Waals surface area contributed by atoms with E-state index in [1.165, 1.54) is 12.1 Å². The van der Waals surface area contributed by atoms with E-state index in [0.717, 1.165) is 29.1 Å². The van der Waals surface area contributed by atoms with E-state index in [2.05, 4.69) is 15.5 Å². The van der Waals surface area contributed by atoms with Gasteiger partial charge in [0.1, 0.15) is 11.6 Å². The van der Waals surface area contributed by atoms with Crippen LogP contribution in [-0.4, -0.2) is 28.5 Å². The summed E-state index contributed by atoms with van der Waals surface area (Å²) in [5.74, 6) is 0.266. The Bertz CT molecular complexity index is 949. The molecule has 0 aliphatic rings. The van der Waals surface area contributed by atoms with E-state index in [0.29, 0.717) is 11.6 Å². The summed E-state index contributed by atoms with van der Waals surface area (Å²) in [6.45, 7) is 1.69. The first-order chi connectivity index (χ1) is 13.0. The number of rotatable bonds is 6. The molecule has 3 aromatic rings. The molecule has 0 saturated heterocycles. The number of halogens is 2. The number of methoxy groups -OCH3 is 1. The zero-order valence-corrected chi connectivity index (χ0v) is 16.0. The second-order valence-electron chi connectivity index (χ2n) is 5.48. The number of nitrogens with zero attached hydrogens (tertiary/aromatic N) is 2. The van der Waals surface area contributed by atoms with Crippen molar-refractivity contribution in [2.75, 3.05) is 12.4 Å². The van der Waals surface area contributed by atoms with Crippen molar-refractivity contribution in [2.24, 2.45) is 0 Å². The molecule has 0 unspecified atom stereocenters. The summed E-state index contributed by atoms with van der Waals surface area (Å²) >= 11 is 7.03. The molecule has 140 valence electrons. The van der Waals surface area contributed by atoms with Crippen LogP contribution in [0, 0.1) is 5.82 Å². The van der Waals surface area contributed by atoms with Crippen molar-refractivity contribution in [3.63, 3.8) is 0 Å². The second kappa shape index (κ2) is 8.41. The third kappa shape index (κ3) is 4.78. The molecule has 1 heterocycles. The summed E-state index contributed by atoms with van der Waals surface area (Å²) in [7, 11) is 1.59. The Morgan fingerprint density at radius 1 is 1.26 bits per heavy atom. The molecule has 1 atom stereocenters. The number of thioether (sulfide) groups is 1. The van der Waals surface area contributed by atoms with E-state index >= 15 is 0 Å². The molecule has 0 saturated carbocycles. The highest BCUT2D eigenvalue weighted by Gasteiger charge is 2.20. The Kier molecular flexibility index (Phi) is 5.98. The standard InChI is InChI=1S/C18H15ClFN3O3S/c1-10(16(24)21-15-8-5-12(20)9-14(15)19)27-18-23-22-17(26-18)11-3-6-13(25-2)7-4-11/h3-10H,1-2H3,(H,21,24)/t10-/m0/s1. The van der Waals surface area contributed by atoms with Crippen molar-refractivity contribution in [1.29, 1.82) is 0 Å². The third-order valence-electron chi connectivity index (χ3n) is 3.58. The molecule has 0 spiro atoms. The molecule has 2 aromatic carbocycles.